The maximum absolute atomic E-state index is 12.0. The Hall–Kier alpha value is -2.33. The van der Waals surface area contributed by atoms with Crippen LogP contribution in [0, 0.1) is 0 Å². The van der Waals surface area contributed by atoms with Crippen molar-refractivity contribution in [2.45, 2.75) is 39.2 Å². The van der Waals surface area contributed by atoms with Crippen LogP contribution in [0.3, 0.4) is 0 Å². The summed E-state index contributed by atoms with van der Waals surface area (Å²) in [4.78, 5) is 12.0. The molecule has 0 saturated carbocycles. The third-order valence-corrected chi connectivity index (χ3v) is 4.54. The molecule has 0 bridgehead atoms. The molecular formula is C22H30N2O2. The molecule has 0 aromatic heterocycles. The summed E-state index contributed by atoms with van der Waals surface area (Å²) in [5.74, 6) is 0.536. The highest BCUT2D eigenvalue weighted by Crippen LogP contribution is 2.19. The van der Waals surface area contributed by atoms with Crippen LogP contribution in [0.2, 0.25) is 0 Å². The molecule has 2 aromatic carbocycles. The van der Waals surface area contributed by atoms with Gasteiger partial charge in [0.25, 0.3) is 0 Å². The Morgan fingerprint density at radius 3 is 2.42 bits per heavy atom. The lowest BCUT2D eigenvalue weighted by Gasteiger charge is -2.13. The van der Waals surface area contributed by atoms with E-state index in [1.54, 1.807) is 7.11 Å². The van der Waals surface area contributed by atoms with Crippen LogP contribution in [0.15, 0.2) is 48.5 Å². The second-order valence-corrected chi connectivity index (χ2v) is 6.85. The van der Waals surface area contributed by atoms with Crippen molar-refractivity contribution in [3.05, 3.63) is 65.2 Å². The molecule has 4 nitrogen and oxygen atoms in total. The lowest BCUT2D eigenvalue weighted by atomic mass is 10.0. The second kappa shape index (κ2) is 9.97. The van der Waals surface area contributed by atoms with Gasteiger partial charge in [-0.1, -0.05) is 50.2 Å². The molecule has 0 heterocycles. The first-order valence-electron chi connectivity index (χ1n) is 9.21. The van der Waals surface area contributed by atoms with Gasteiger partial charge in [0.05, 0.1) is 12.6 Å². The zero-order chi connectivity index (χ0) is 18.9. The summed E-state index contributed by atoms with van der Waals surface area (Å²) in [6, 6.07) is 16.6. The summed E-state index contributed by atoms with van der Waals surface area (Å²) in [7, 11) is 1.69. The molecule has 0 aliphatic rings. The van der Waals surface area contributed by atoms with Crippen molar-refractivity contribution in [2.24, 2.45) is 0 Å². The largest absolute Gasteiger partial charge is 0.377 e. The van der Waals surface area contributed by atoms with E-state index in [0.29, 0.717) is 12.5 Å². The number of rotatable bonds is 9. The van der Waals surface area contributed by atoms with E-state index in [9.17, 15) is 4.79 Å². The number of anilines is 1. The fourth-order valence-electron chi connectivity index (χ4n) is 2.70. The average molecular weight is 354 g/mol. The highest BCUT2D eigenvalue weighted by molar-refractivity contribution is 5.80. The number of carbonyl (C=O) groups is 1. The van der Waals surface area contributed by atoms with Crippen molar-refractivity contribution in [3.8, 4) is 0 Å². The number of methoxy groups -OCH3 is 1. The third-order valence-electron chi connectivity index (χ3n) is 4.54. The van der Waals surface area contributed by atoms with Crippen molar-refractivity contribution in [1.82, 2.24) is 5.32 Å². The minimum absolute atomic E-state index is 0.00556. The Kier molecular flexibility index (Phi) is 7.67. The maximum atomic E-state index is 12.0. The van der Waals surface area contributed by atoms with E-state index in [2.05, 4.69) is 48.7 Å². The van der Waals surface area contributed by atoms with E-state index >= 15 is 0 Å². The zero-order valence-electron chi connectivity index (χ0n) is 16.2. The molecule has 0 aliphatic heterocycles. The average Bonchev–Trinajstić information content (AvgIpc) is 2.66. The van der Waals surface area contributed by atoms with Gasteiger partial charge in [0.1, 0.15) is 0 Å². The minimum Gasteiger partial charge on any atom is -0.377 e. The van der Waals surface area contributed by atoms with Crippen molar-refractivity contribution >= 4 is 11.6 Å². The molecule has 26 heavy (non-hydrogen) atoms. The number of hydrogen-bond donors (Lipinski definition) is 2. The first-order chi connectivity index (χ1) is 12.5. The fourth-order valence-corrected chi connectivity index (χ4v) is 2.70. The first kappa shape index (κ1) is 20.0. The summed E-state index contributed by atoms with van der Waals surface area (Å²) in [5.41, 5.74) is 4.59. The van der Waals surface area contributed by atoms with Gasteiger partial charge in [-0.2, -0.15) is 0 Å². The Balaban J connectivity index is 1.74. The Morgan fingerprint density at radius 2 is 1.77 bits per heavy atom. The number of hydrogen-bond acceptors (Lipinski definition) is 3. The summed E-state index contributed by atoms with van der Waals surface area (Å²) >= 11 is 0. The minimum atomic E-state index is -0.00556. The van der Waals surface area contributed by atoms with Gasteiger partial charge in [0.2, 0.25) is 5.91 Å². The number of benzene rings is 2. The highest BCUT2D eigenvalue weighted by Gasteiger charge is 2.06. The van der Waals surface area contributed by atoms with Crippen molar-refractivity contribution in [3.63, 3.8) is 0 Å². The van der Waals surface area contributed by atoms with Crippen molar-refractivity contribution in [2.75, 3.05) is 25.5 Å². The Labute approximate surface area is 157 Å². The molecule has 2 rings (SSSR count). The molecule has 0 spiro atoms. The van der Waals surface area contributed by atoms with Gasteiger partial charge >= 0.3 is 0 Å². The molecule has 2 aromatic rings. The molecule has 2 N–H and O–H groups in total. The number of ether oxygens (including phenoxy) is 1. The SMILES string of the molecule is COC(C)c1cccc(NCC(=O)NCCc2ccc(C(C)C)cc2)c1. The topological polar surface area (TPSA) is 50.4 Å². The smallest absolute Gasteiger partial charge is 0.239 e. The quantitative estimate of drug-likeness (QED) is 0.706. The third kappa shape index (κ3) is 6.19. The molecular weight excluding hydrogens is 324 g/mol. The van der Waals surface area contributed by atoms with Crippen LogP contribution < -0.4 is 10.6 Å². The van der Waals surface area contributed by atoms with E-state index in [1.165, 1.54) is 11.1 Å². The van der Waals surface area contributed by atoms with Crippen LogP contribution in [0.4, 0.5) is 5.69 Å². The van der Waals surface area contributed by atoms with Gasteiger partial charge in [-0.25, -0.2) is 0 Å². The normalized spacial score (nSPS) is 12.0. The predicted molar refractivity (Wildman–Crippen MR) is 108 cm³/mol. The molecule has 1 amide bonds. The highest BCUT2D eigenvalue weighted by atomic mass is 16.5. The van der Waals surface area contributed by atoms with Gasteiger partial charge in [0.15, 0.2) is 0 Å². The van der Waals surface area contributed by atoms with E-state index in [0.717, 1.165) is 17.7 Å². The molecule has 4 heteroatoms. The number of nitrogens with one attached hydrogen (secondary N) is 2. The van der Waals surface area contributed by atoms with E-state index in [1.807, 2.05) is 31.2 Å². The predicted octanol–water partition coefficient (Wildman–Crippen LogP) is 4.29. The molecule has 0 fully saturated rings. The summed E-state index contributed by atoms with van der Waals surface area (Å²) in [5, 5.41) is 6.13. The summed E-state index contributed by atoms with van der Waals surface area (Å²) < 4.78 is 5.33. The molecule has 1 atom stereocenters. The van der Waals surface area contributed by atoms with Gasteiger partial charge in [0, 0.05) is 19.3 Å². The summed E-state index contributed by atoms with van der Waals surface area (Å²) in [6.07, 6.45) is 0.873. The molecule has 0 radical (unpaired) electrons. The molecule has 0 aliphatic carbocycles. The van der Waals surface area contributed by atoms with Crippen molar-refractivity contribution in [1.29, 1.82) is 0 Å². The monoisotopic (exact) mass is 354 g/mol. The van der Waals surface area contributed by atoms with Crippen LogP contribution in [0.1, 0.15) is 49.5 Å². The van der Waals surface area contributed by atoms with Gasteiger partial charge in [-0.3, -0.25) is 4.79 Å². The van der Waals surface area contributed by atoms with Crippen LogP contribution in [-0.4, -0.2) is 26.1 Å². The molecule has 0 saturated heterocycles. The molecule has 140 valence electrons. The van der Waals surface area contributed by atoms with Crippen molar-refractivity contribution < 1.29 is 9.53 Å². The summed E-state index contributed by atoms with van der Waals surface area (Å²) in [6.45, 7) is 7.28. The molecule has 1 unspecified atom stereocenters. The Morgan fingerprint density at radius 1 is 1.04 bits per heavy atom. The standard InChI is InChI=1S/C22H30N2O2/c1-16(2)19-10-8-18(9-11-19)12-13-23-22(25)15-24-21-7-5-6-20(14-21)17(3)26-4/h5-11,14,16-17,24H,12-13,15H2,1-4H3,(H,23,25). The first-order valence-corrected chi connectivity index (χ1v) is 9.21. The van der Waals surface area contributed by atoms with Gasteiger partial charge in [-0.15, -0.1) is 0 Å². The zero-order valence-corrected chi connectivity index (χ0v) is 16.2. The fraction of sp³-hybridized carbons (Fsp3) is 0.409. The maximum Gasteiger partial charge on any atom is 0.239 e. The van der Waals surface area contributed by atoms with Crippen LogP contribution in [-0.2, 0) is 16.0 Å². The van der Waals surface area contributed by atoms with E-state index < -0.39 is 0 Å². The van der Waals surface area contributed by atoms with E-state index in [-0.39, 0.29) is 18.6 Å². The number of carbonyl (C=O) groups excluding carboxylic acids is 1. The lowest BCUT2D eigenvalue weighted by molar-refractivity contribution is -0.119. The second-order valence-electron chi connectivity index (χ2n) is 6.85. The van der Waals surface area contributed by atoms with E-state index in [4.69, 9.17) is 4.74 Å². The lowest BCUT2D eigenvalue weighted by Crippen LogP contribution is -2.31. The van der Waals surface area contributed by atoms with Crippen LogP contribution >= 0.6 is 0 Å². The van der Waals surface area contributed by atoms with Crippen LogP contribution in [0.25, 0.3) is 0 Å². The number of amides is 1. The Bertz CT molecular complexity index is 696. The van der Waals surface area contributed by atoms with Gasteiger partial charge in [-0.05, 0) is 48.1 Å². The van der Waals surface area contributed by atoms with Gasteiger partial charge < -0.3 is 15.4 Å². The van der Waals surface area contributed by atoms with Crippen LogP contribution in [0.5, 0.6) is 0 Å².